The summed E-state index contributed by atoms with van der Waals surface area (Å²) in [4.78, 5) is 0. The molecule has 66 valence electrons. The van der Waals surface area contributed by atoms with E-state index in [9.17, 15) is 0 Å². The molecular weight excluding hydrogens is 146 g/mol. The molecule has 0 amide bonds. The first-order valence-corrected chi connectivity index (χ1v) is 4.85. The van der Waals surface area contributed by atoms with E-state index in [2.05, 4.69) is 42.8 Å². The molecule has 0 aliphatic heterocycles. The van der Waals surface area contributed by atoms with E-state index < -0.39 is 0 Å². The van der Waals surface area contributed by atoms with Crippen molar-refractivity contribution in [3.63, 3.8) is 0 Å². The summed E-state index contributed by atoms with van der Waals surface area (Å²) < 4.78 is 2.32. The molecule has 0 aliphatic carbocycles. The Morgan fingerprint density at radius 1 is 1.25 bits per heavy atom. The molecule has 0 spiro atoms. The van der Waals surface area contributed by atoms with Gasteiger partial charge in [0.2, 0.25) is 0 Å². The Bertz CT molecular complexity index is 230. The predicted molar refractivity (Wildman–Crippen MR) is 50.9 cm³/mol. The number of pyridine rings is 1. The summed E-state index contributed by atoms with van der Waals surface area (Å²) in [5, 5.41) is 0. The van der Waals surface area contributed by atoms with Gasteiger partial charge >= 0.3 is 0 Å². The van der Waals surface area contributed by atoms with Crippen molar-refractivity contribution >= 4 is 0 Å². The Morgan fingerprint density at radius 2 is 2.08 bits per heavy atom. The third kappa shape index (κ3) is 2.33. The van der Waals surface area contributed by atoms with Crippen molar-refractivity contribution < 1.29 is 4.57 Å². The normalized spacial score (nSPS) is 10.2. The third-order valence-corrected chi connectivity index (χ3v) is 2.16. The van der Waals surface area contributed by atoms with Crippen molar-refractivity contribution in [2.75, 3.05) is 0 Å². The van der Waals surface area contributed by atoms with Gasteiger partial charge in [0.05, 0.1) is 0 Å². The fourth-order valence-electron chi connectivity index (χ4n) is 1.41. The van der Waals surface area contributed by atoms with Gasteiger partial charge in [-0.25, -0.2) is 4.57 Å². The summed E-state index contributed by atoms with van der Waals surface area (Å²) >= 11 is 0. The summed E-state index contributed by atoms with van der Waals surface area (Å²) in [6, 6.07) is 6.44. The van der Waals surface area contributed by atoms with Gasteiger partial charge < -0.3 is 0 Å². The first kappa shape index (κ1) is 9.24. The molecule has 1 aromatic rings. The summed E-state index contributed by atoms with van der Waals surface area (Å²) in [6.07, 6.45) is 5.94. The number of aryl methyl sites for hydroxylation is 2. The molecule has 0 bridgehead atoms. The van der Waals surface area contributed by atoms with Crippen molar-refractivity contribution in [3.8, 4) is 0 Å². The molecule has 0 saturated heterocycles. The van der Waals surface area contributed by atoms with Crippen LogP contribution in [0.2, 0.25) is 0 Å². The molecule has 0 aliphatic rings. The second-order valence-electron chi connectivity index (χ2n) is 3.08. The zero-order valence-corrected chi connectivity index (χ0v) is 8.09. The fraction of sp³-hybridized carbons (Fsp3) is 0.545. The maximum Gasteiger partial charge on any atom is 0.181 e. The topological polar surface area (TPSA) is 3.88 Å². The summed E-state index contributed by atoms with van der Waals surface area (Å²) in [5.41, 5.74) is 1.46. The molecule has 1 heteroatoms. The molecule has 0 radical (unpaired) electrons. The molecule has 1 nitrogen and oxygen atoms in total. The highest BCUT2D eigenvalue weighted by Gasteiger charge is 2.04. The minimum absolute atomic E-state index is 1.08. The molecule has 12 heavy (non-hydrogen) atoms. The lowest BCUT2D eigenvalue weighted by Crippen LogP contribution is -2.36. The highest BCUT2D eigenvalue weighted by Crippen LogP contribution is 1.98. The van der Waals surface area contributed by atoms with Gasteiger partial charge in [0, 0.05) is 18.6 Å². The van der Waals surface area contributed by atoms with Gasteiger partial charge in [-0.2, -0.15) is 0 Å². The number of hydrogen-bond acceptors (Lipinski definition) is 0. The minimum Gasteiger partial charge on any atom is -0.203 e. The van der Waals surface area contributed by atoms with E-state index in [4.69, 9.17) is 0 Å². The van der Waals surface area contributed by atoms with E-state index in [1.54, 1.807) is 0 Å². The van der Waals surface area contributed by atoms with E-state index in [0.29, 0.717) is 0 Å². The third-order valence-electron chi connectivity index (χ3n) is 2.16. The Hall–Kier alpha value is -0.850. The van der Waals surface area contributed by atoms with Crippen LogP contribution >= 0.6 is 0 Å². The largest absolute Gasteiger partial charge is 0.203 e. The lowest BCUT2D eigenvalue weighted by Gasteiger charge is -1.99. The van der Waals surface area contributed by atoms with Crippen LogP contribution in [-0.2, 0) is 13.0 Å². The van der Waals surface area contributed by atoms with Crippen LogP contribution in [0.3, 0.4) is 0 Å². The summed E-state index contributed by atoms with van der Waals surface area (Å²) in [5.74, 6) is 0. The summed E-state index contributed by atoms with van der Waals surface area (Å²) in [6.45, 7) is 5.51. The van der Waals surface area contributed by atoms with Gasteiger partial charge in [0.25, 0.3) is 0 Å². The Kier molecular flexibility index (Phi) is 3.78. The van der Waals surface area contributed by atoms with Crippen molar-refractivity contribution in [2.24, 2.45) is 0 Å². The number of nitrogens with zero attached hydrogens (tertiary/aromatic N) is 1. The van der Waals surface area contributed by atoms with Crippen LogP contribution in [0.4, 0.5) is 0 Å². The average molecular weight is 164 g/mol. The molecule has 1 rings (SSSR count). The second kappa shape index (κ2) is 4.91. The lowest BCUT2D eigenvalue weighted by molar-refractivity contribution is -0.700. The lowest BCUT2D eigenvalue weighted by atomic mass is 10.2. The highest BCUT2D eigenvalue weighted by atomic mass is 14.9. The second-order valence-corrected chi connectivity index (χ2v) is 3.08. The Balaban J connectivity index is 2.68. The van der Waals surface area contributed by atoms with Crippen LogP contribution in [0.25, 0.3) is 0 Å². The van der Waals surface area contributed by atoms with Crippen LogP contribution in [0.15, 0.2) is 24.4 Å². The molecule has 0 fully saturated rings. The molecule has 0 saturated carbocycles. The monoisotopic (exact) mass is 164 g/mol. The standard InChI is InChI=1S/C11H18N/c1-3-5-8-11-9-6-7-10-12(11)4-2/h6-7,9-10H,3-5,8H2,1-2H3/q+1. The number of rotatable bonds is 4. The maximum absolute atomic E-state index is 2.32. The first-order valence-electron chi connectivity index (χ1n) is 4.85. The van der Waals surface area contributed by atoms with Crippen molar-refractivity contribution in [1.29, 1.82) is 0 Å². The Morgan fingerprint density at radius 3 is 2.75 bits per heavy atom. The van der Waals surface area contributed by atoms with E-state index in [0.717, 1.165) is 6.54 Å². The molecule has 1 heterocycles. The number of unbranched alkanes of at least 4 members (excludes halogenated alkanes) is 1. The molecule has 0 N–H and O–H groups in total. The quantitative estimate of drug-likeness (QED) is 0.601. The first-order chi connectivity index (χ1) is 5.88. The molecule has 1 aromatic heterocycles. The van der Waals surface area contributed by atoms with Gasteiger partial charge in [-0.1, -0.05) is 19.4 Å². The van der Waals surface area contributed by atoms with Gasteiger partial charge in [-0.3, -0.25) is 0 Å². The fourth-order valence-corrected chi connectivity index (χ4v) is 1.41. The highest BCUT2D eigenvalue weighted by molar-refractivity contribution is 4.97. The minimum atomic E-state index is 1.08. The number of hydrogen-bond donors (Lipinski definition) is 0. The molecule has 0 aromatic carbocycles. The molecule has 0 atom stereocenters. The van der Waals surface area contributed by atoms with Gasteiger partial charge in [0.1, 0.15) is 6.54 Å². The summed E-state index contributed by atoms with van der Waals surface area (Å²) in [7, 11) is 0. The SMILES string of the molecule is CCCCc1cccc[n+]1CC. The van der Waals surface area contributed by atoms with Crippen LogP contribution in [0.5, 0.6) is 0 Å². The van der Waals surface area contributed by atoms with Gasteiger partial charge in [0.15, 0.2) is 11.9 Å². The molecule has 0 unspecified atom stereocenters. The van der Waals surface area contributed by atoms with Crippen LogP contribution in [0, 0.1) is 0 Å². The van der Waals surface area contributed by atoms with Gasteiger partial charge in [-0.15, -0.1) is 0 Å². The van der Waals surface area contributed by atoms with E-state index in [1.807, 2.05) is 0 Å². The van der Waals surface area contributed by atoms with E-state index in [1.165, 1.54) is 25.0 Å². The zero-order chi connectivity index (χ0) is 8.81. The van der Waals surface area contributed by atoms with E-state index >= 15 is 0 Å². The number of aromatic nitrogens is 1. The van der Waals surface area contributed by atoms with Crippen molar-refractivity contribution in [3.05, 3.63) is 30.1 Å². The van der Waals surface area contributed by atoms with Crippen molar-refractivity contribution in [2.45, 2.75) is 39.7 Å². The van der Waals surface area contributed by atoms with E-state index in [-0.39, 0.29) is 0 Å². The van der Waals surface area contributed by atoms with Crippen LogP contribution < -0.4 is 4.57 Å². The van der Waals surface area contributed by atoms with Gasteiger partial charge in [-0.05, 0) is 13.3 Å². The molecular formula is C11H18N+. The maximum atomic E-state index is 2.32. The van der Waals surface area contributed by atoms with Crippen molar-refractivity contribution in [1.82, 2.24) is 0 Å². The Labute approximate surface area is 75.1 Å². The average Bonchev–Trinajstić information content (AvgIpc) is 2.15. The van der Waals surface area contributed by atoms with Crippen LogP contribution in [-0.4, -0.2) is 0 Å². The zero-order valence-electron chi connectivity index (χ0n) is 8.09. The van der Waals surface area contributed by atoms with Crippen LogP contribution in [0.1, 0.15) is 32.4 Å². The smallest absolute Gasteiger partial charge is 0.181 e. The predicted octanol–water partition coefficient (Wildman–Crippen LogP) is 2.34.